The predicted octanol–water partition coefficient (Wildman–Crippen LogP) is 4.03. The van der Waals surface area contributed by atoms with Gasteiger partial charge in [0, 0.05) is 29.8 Å². The van der Waals surface area contributed by atoms with Gasteiger partial charge in [-0.15, -0.1) is 23.8 Å². The monoisotopic (exact) mass is 604 g/mol. The van der Waals surface area contributed by atoms with Gasteiger partial charge in [-0.2, -0.15) is 29.7 Å². The molecule has 0 N–H and O–H groups in total. The zero-order chi connectivity index (χ0) is 22.2. The molecule has 0 amide bonds. The molecule has 0 fully saturated rings. The van der Waals surface area contributed by atoms with Crippen molar-refractivity contribution in [1.29, 1.82) is 0 Å². The van der Waals surface area contributed by atoms with E-state index in [1.165, 1.54) is 5.56 Å². The van der Waals surface area contributed by atoms with Crippen LogP contribution in [-0.4, -0.2) is 16.7 Å². The van der Waals surface area contributed by atoms with Gasteiger partial charge in [-0.25, -0.2) is 16.1 Å². The van der Waals surface area contributed by atoms with Crippen LogP contribution in [0.25, 0.3) is 22.3 Å². The minimum absolute atomic E-state index is 0. The maximum absolute atomic E-state index is 8.47. The van der Waals surface area contributed by atoms with E-state index in [-0.39, 0.29) is 27.8 Å². The smallest absolute Gasteiger partial charge is 0.460 e. The first kappa shape index (κ1) is 20.1. The van der Waals surface area contributed by atoms with E-state index in [1.54, 1.807) is 24.5 Å². The number of hydrogen-bond acceptors (Lipinski definition) is 3. The Morgan fingerprint density at radius 1 is 0.727 bits per heavy atom. The Morgan fingerprint density at radius 3 is 2.42 bits per heavy atom. The summed E-state index contributed by atoms with van der Waals surface area (Å²) in [5.41, 5.74) is 7.03. The maximum Gasteiger partial charge on any atom is 2.00 e. The molecule has 1 aliphatic rings. The van der Waals surface area contributed by atoms with Gasteiger partial charge in [0.25, 0.3) is 0 Å². The number of fused-ring (bicyclic) bond motifs is 3. The molecule has 0 radical (unpaired) electrons. The fourth-order valence-electron chi connectivity index (χ4n) is 4.24. The Kier molecular flexibility index (Phi) is 5.60. The molecule has 3 nitrogen and oxygen atoms in total. The van der Waals surface area contributed by atoms with Crippen LogP contribution in [0.15, 0.2) is 103 Å². The fourth-order valence-corrected chi connectivity index (χ4v) is 4.24. The normalized spacial score (nSPS) is 11.8. The van der Waals surface area contributed by atoms with Crippen molar-refractivity contribution in [2.45, 2.75) is 0 Å². The van der Waals surface area contributed by atoms with E-state index < -0.39 is 0 Å². The maximum atomic E-state index is 8.47. The Morgan fingerprint density at radius 2 is 1.55 bits per heavy atom. The second-order valence-corrected chi connectivity index (χ2v) is 7.59. The molecule has 0 saturated heterocycles. The van der Waals surface area contributed by atoms with Gasteiger partial charge < -0.3 is 4.74 Å². The van der Waals surface area contributed by atoms with Gasteiger partial charge in [-0.3, -0.25) is 4.98 Å². The fraction of sp³-hybridized carbons (Fsp3) is 0. The third kappa shape index (κ3) is 4.03. The largest absolute Gasteiger partial charge is 2.00 e. The molecule has 33 heavy (non-hydrogen) atoms. The third-order valence-corrected chi connectivity index (χ3v) is 5.64. The molecule has 3 heterocycles. The van der Waals surface area contributed by atoms with E-state index in [0.29, 0.717) is 17.7 Å². The zero-order valence-electron chi connectivity index (χ0n) is 18.4. The van der Waals surface area contributed by atoms with E-state index in [2.05, 4.69) is 46.4 Å². The van der Waals surface area contributed by atoms with Crippen molar-refractivity contribution in [1.82, 2.24) is 9.97 Å². The molecule has 5 heteroatoms. The number of nitrogens with zero attached hydrogens (tertiary/aromatic N) is 2. The molecular weight excluding hydrogens is 586 g/mol. The third-order valence-electron chi connectivity index (χ3n) is 5.64. The van der Waals surface area contributed by atoms with Gasteiger partial charge in [0.15, 0.2) is 0 Å². The van der Waals surface area contributed by atoms with E-state index in [1.807, 2.05) is 48.5 Å². The van der Waals surface area contributed by atoms with E-state index in [9.17, 15) is 0 Å². The van der Waals surface area contributed by atoms with E-state index >= 15 is 0 Å². The van der Waals surface area contributed by atoms with Gasteiger partial charge >= 0.3 is 21.1 Å². The van der Waals surface area contributed by atoms with Crippen LogP contribution in [0.2, 0.25) is 0 Å². The number of hydrogen-bond donors (Lipinski definition) is 0. The molecule has 0 spiro atoms. The summed E-state index contributed by atoms with van der Waals surface area (Å²) in [6.45, 7) is -0.127. The van der Waals surface area contributed by atoms with Crippen LogP contribution in [0.5, 0.6) is 11.6 Å². The minimum Gasteiger partial charge on any atom is -0.460 e. The molecule has 1 aliphatic heterocycles. The Hall–Kier alpha value is -3.49. The van der Waals surface area contributed by atoms with Crippen LogP contribution >= 0.6 is 0 Å². The summed E-state index contributed by atoms with van der Waals surface area (Å²) in [4.78, 5) is 8.80. The van der Waals surface area contributed by atoms with Crippen molar-refractivity contribution in [2.75, 3.05) is 0 Å². The zero-order valence-corrected chi connectivity index (χ0v) is 19.7. The average Bonchev–Trinajstić information content (AvgIpc) is 3.19. The second kappa shape index (κ2) is 9.17. The predicted molar refractivity (Wildman–Crippen MR) is 128 cm³/mol. The summed E-state index contributed by atoms with van der Waals surface area (Å²) in [6, 6.07) is 34.9. The molecule has 0 bridgehead atoms. The summed E-state index contributed by atoms with van der Waals surface area (Å²) in [6.07, 6.45) is 3.45. The molecular formula is C28H17BN2OPt. The molecule has 0 atom stereocenters. The number of rotatable bonds is 4. The number of pyridine rings is 2. The molecule has 0 aliphatic carbocycles. The Labute approximate surface area is 209 Å². The van der Waals surface area contributed by atoms with Crippen LogP contribution in [0.3, 0.4) is 0 Å². The molecule has 3 aromatic carbocycles. The van der Waals surface area contributed by atoms with Gasteiger partial charge in [0.05, 0.1) is 1.37 Å². The van der Waals surface area contributed by atoms with Gasteiger partial charge in [-0.05, 0) is 18.2 Å². The van der Waals surface area contributed by atoms with Crippen molar-refractivity contribution >= 4 is 23.2 Å². The first-order chi connectivity index (χ1) is 16.3. The molecule has 158 valence electrons. The van der Waals surface area contributed by atoms with Crippen LogP contribution in [0.4, 0.5) is 0 Å². The molecule has 0 saturated carbocycles. The first-order valence-corrected chi connectivity index (χ1v) is 10.5. The SMILES string of the molecule is [2H]c1cccnc1B1c2[c-]c(-c3[c-]c(Oc4ccccn4)ccc3)ccc2-c2ccccc21.[Pt+2]. The average molecular weight is 604 g/mol. The van der Waals surface area contributed by atoms with Gasteiger partial charge in [0.2, 0.25) is 12.6 Å². The molecule has 6 rings (SSSR count). The van der Waals surface area contributed by atoms with Crippen molar-refractivity contribution in [2.24, 2.45) is 0 Å². The molecule has 0 unspecified atom stereocenters. The van der Waals surface area contributed by atoms with Crippen LogP contribution in [-0.2, 0) is 21.1 Å². The Balaban J connectivity index is 0.00000241. The van der Waals surface area contributed by atoms with Crippen molar-refractivity contribution in [3.8, 4) is 33.9 Å². The standard InChI is InChI=1S/C28H17BN2O.Pt/c1-2-11-25-23(10-1)24-15-14-21(19-26(24)29(25)27-12-3-5-16-30-27)20-8-7-9-22(18-20)32-28-13-4-6-17-31-28;/h1-17H;/q-2;+2/i12D;. The number of aromatic nitrogens is 2. The summed E-state index contributed by atoms with van der Waals surface area (Å²) in [7, 11) is 0. The van der Waals surface area contributed by atoms with Gasteiger partial charge in [-0.1, -0.05) is 47.4 Å². The van der Waals surface area contributed by atoms with Crippen molar-refractivity contribution in [3.05, 3.63) is 115 Å². The summed E-state index contributed by atoms with van der Waals surface area (Å²) >= 11 is 0. The summed E-state index contributed by atoms with van der Waals surface area (Å²) < 4.78 is 14.3. The summed E-state index contributed by atoms with van der Waals surface area (Å²) in [5.74, 6) is 1.12. The minimum atomic E-state index is -0.127. The molecule has 5 aromatic rings. The quantitative estimate of drug-likeness (QED) is 0.225. The molecule has 2 aromatic heterocycles. The van der Waals surface area contributed by atoms with Crippen molar-refractivity contribution in [3.63, 3.8) is 0 Å². The number of benzene rings is 3. The Bertz CT molecular complexity index is 1480. The second-order valence-electron chi connectivity index (χ2n) is 7.59. The topological polar surface area (TPSA) is 35.0 Å². The van der Waals surface area contributed by atoms with Crippen molar-refractivity contribution < 1.29 is 27.2 Å². The van der Waals surface area contributed by atoms with Crippen LogP contribution in [0.1, 0.15) is 1.37 Å². The van der Waals surface area contributed by atoms with Crippen LogP contribution in [0, 0.1) is 12.1 Å². The van der Waals surface area contributed by atoms with E-state index in [4.69, 9.17) is 6.11 Å². The van der Waals surface area contributed by atoms with Gasteiger partial charge in [0.1, 0.15) is 0 Å². The van der Waals surface area contributed by atoms with Crippen LogP contribution < -0.4 is 21.3 Å². The van der Waals surface area contributed by atoms with E-state index in [0.717, 1.165) is 33.2 Å². The number of ether oxygens (including phenoxy) is 1. The summed E-state index contributed by atoms with van der Waals surface area (Å²) in [5, 5.41) is 0. The first-order valence-electron chi connectivity index (χ1n) is 11.0.